The van der Waals surface area contributed by atoms with E-state index < -0.39 is 5.82 Å². The van der Waals surface area contributed by atoms with Gasteiger partial charge in [0.1, 0.15) is 23.0 Å². The number of halogens is 2. The molecule has 1 aromatic heterocycles. The van der Waals surface area contributed by atoms with Crippen molar-refractivity contribution in [1.29, 1.82) is 0 Å². The number of aryl methyl sites for hydroxylation is 1. The number of rotatable bonds is 6. The van der Waals surface area contributed by atoms with Crippen LogP contribution in [0.5, 0.6) is 11.5 Å². The first kappa shape index (κ1) is 28.4. The van der Waals surface area contributed by atoms with Crippen molar-refractivity contribution in [2.24, 2.45) is 7.05 Å². The number of imidazole rings is 1. The Hall–Kier alpha value is -3.75. The summed E-state index contributed by atoms with van der Waals surface area (Å²) < 4.78 is 24.2. The van der Waals surface area contributed by atoms with Gasteiger partial charge in [0.2, 0.25) is 0 Å². The maximum atomic E-state index is 15.2. The van der Waals surface area contributed by atoms with Crippen LogP contribution in [0.4, 0.5) is 10.1 Å². The van der Waals surface area contributed by atoms with Gasteiger partial charge >= 0.3 is 5.69 Å². The summed E-state index contributed by atoms with van der Waals surface area (Å²) in [6.07, 6.45) is 5.20. The van der Waals surface area contributed by atoms with E-state index in [2.05, 4.69) is 30.6 Å². The van der Waals surface area contributed by atoms with Gasteiger partial charge in [0.25, 0.3) is 0 Å². The molecule has 0 bridgehead atoms. The Morgan fingerprint density at radius 1 is 0.952 bits per heavy atom. The summed E-state index contributed by atoms with van der Waals surface area (Å²) in [5.41, 5.74) is 2.93. The maximum absolute atomic E-state index is 15.2. The van der Waals surface area contributed by atoms with Gasteiger partial charge in [0.05, 0.1) is 11.1 Å². The average molecular weight is 591 g/mol. The number of benzene rings is 3. The van der Waals surface area contributed by atoms with E-state index in [1.807, 2.05) is 24.3 Å². The lowest BCUT2D eigenvalue weighted by atomic mass is 9.96. The predicted molar refractivity (Wildman–Crippen MR) is 166 cm³/mol. The Labute approximate surface area is 250 Å². The van der Waals surface area contributed by atoms with Crippen molar-refractivity contribution < 1.29 is 14.2 Å². The van der Waals surface area contributed by atoms with Crippen LogP contribution in [0, 0.1) is 5.82 Å². The Morgan fingerprint density at radius 2 is 1.67 bits per heavy atom. The molecule has 0 spiro atoms. The van der Waals surface area contributed by atoms with E-state index in [0.29, 0.717) is 28.1 Å². The van der Waals surface area contributed by atoms with Crippen molar-refractivity contribution in [3.05, 3.63) is 82.2 Å². The van der Waals surface area contributed by atoms with E-state index in [4.69, 9.17) is 16.3 Å². The highest BCUT2D eigenvalue weighted by Crippen LogP contribution is 2.46. The second-order valence-corrected chi connectivity index (χ2v) is 12.6. The molecule has 4 aromatic rings. The van der Waals surface area contributed by atoms with E-state index >= 15 is 4.39 Å². The maximum Gasteiger partial charge on any atom is 0.332 e. The molecule has 1 saturated carbocycles. The van der Waals surface area contributed by atoms with Crippen molar-refractivity contribution >= 4 is 17.3 Å². The van der Waals surface area contributed by atoms with Crippen LogP contribution in [-0.2, 0) is 7.05 Å². The van der Waals surface area contributed by atoms with E-state index in [-0.39, 0.29) is 33.7 Å². The van der Waals surface area contributed by atoms with Gasteiger partial charge in [-0.05, 0) is 75.6 Å². The summed E-state index contributed by atoms with van der Waals surface area (Å²) in [6, 6.07) is 13.9. The standard InChI is InChI=1S/C33H36ClFN4O3/c1-33(2,3)38-15-13-37(14-16-38)23-7-5-6-21(18-23)26-19-22(35)20-27(31(26)40)25-10-11-28(42-24-8-9-24)30(29(25)34)39-17-12-36(4)32(39)41/h5-7,10-12,17-20,24,40H,8-9,13-16H2,1-4H3. The van der Waals surface area contributed by atoms with Crippen molar-refractivity contribution in [3.63, 3.8) is 0 Å². The van der Waals surface area contributed by atoms with E-state index in [1.54, 1.807) is 31.6 Å². The third-order valence-corrected chi connectivity index (χ3v) is 8.58. The van der Waals surface area contributed by atoms with E-state index in [1.165, 1.54) is 21.3 Å². The molecule has 42 heavy (non-hydrogen) atoms. The number of hydrogen-bond donors (Lipinski definition) is 1. The molecule has 0 atom stereocenters. The summed E-state index contributed by atoms with van der Waals surface area (Å²) in [7, 11) is 1.65. The first-order valence-corrected chi connectivity index (χ1v) is 14.8. The van der Waals surface area contributed by atoms with Gasteiger partial charge in [-0.1, -0.05) is 23.7 Å². The number of ether oxygens (including phenoxy) is 1. The number of nitrogens with zero attached hydrogens (tertiary/aromatic N) is 4. The number of aromatic nitrogens is 2. The second-order valence-electron chi connectivity index (χ2n) is 12.2. The van der Waals surface area contributed by atoms with Gasteiger partial charge in [-0.15, -0.1) is 0 Å². The lowest BCUT2D eigenvalue weighted by molar-refractivity contribution is 0.128. The first-order valence-electron chi connectivity index (χ1n) is 14.4. The lowest BCUT2D eigenvalue weighted by Gasteiger charge is -2.43. The van der Waals surface area contributed by atoms with Crippen LogP contribution in [0.3, 0.4) is 0 Å². The highest BCUT2D eigenvalue weighted by molar-refractivity contribution is 6.35. The Balaban J connectivity index is 1.39. The van der Waals surface area contributed by atoms with Gasteiger partial charge < -0.3 is 19.3 Å². The van der Waals surface area contributed by atoms with Crippen molar-refractivity contribution in [2.45, 2.75) is 45.3 Å². The third kappa shape index (κ3) is 5.41. The molecule has 0 unspecified atom stereocenters. The van der Waals surface area contributed by atoms with Gasteiger partial charge in [-0.25, -0.2) is 9.18 Å². The van der Waals surface area contributed by atoms with Gasteiger partial charge in [-0.3, -0.25) is 9.47 Å². The van der Waals surface area contributed by atoms with Crippen molar-refractivity contribution in [2.75, 3.05) is 31.1 Å². The third-order valence-electron chi connectivity index (χ3n) is 8.20. The molecule has 2 aliphatic rings. The Kier molecular flexibility index (Phi) is 7.31. The molecule has 3 aromatic carbocycles. The van der Waals surface area contributed by atoms with Gasteiger partial charge in [-0.2, -0.15) is 0 Å². The predicted octanol–water partition coefficient (Wildman–Crippen LogP) is 6.47. The molecule has 0 amide bonds. The largest absolute Gasteiger partial charge is 0.507 e. The highest BCUT2D eigenvalue weighted by atomic mass is 35.5. The fourth-order valence-corrected chi connectivity index (χ4v) is 5.95. The number of phenolic OH excluding ortho intramolecular Hbond substituents is 1. The number of anilines is 1. The van der Waals surface area contributed by atoms with Crippen LogP contribution in [0.2, 0.25) is 5.02 Å². The fourth-order valence-electron chi connectivity index (χ4n) is 5.60. The number of piperazine rings is 1. The minimum Gasteiger partial charge on any atom is -0.507 e. The molecule has 1 N–H and O–H groups in total. The van der Waals surface area contributed by atoms with Crippen LogP contribution in [0.1, 0.15) is 33.6 Å². The van der Waals surface area contributed by atoms with Crippen LogP contribution in [0.25, 0.3) is 27.9 Å². The molecule has 1 aliphatic carbocycles. The zero-order chi connectivity index (χ0) is 29.8. The van der Waals surface area contributed by atoms with Crippen LogP contribution >= 0.6 is 11.6 Å². The molecular formula is C33H36ClFN4O3. The average Bonchev–Trinajstić information content (AvgIpc) is 3.73. The summed E-state index contributed by atoms with van der Waals surface area (Å²) in [5, 5.41) is 11.8. The summed E-state index contributed by atoms with van der Waals surface area (Å²) in [6.45, 7) is 10.4. The normalized spacial score (nSPS) is 16.2. The van der Waals surface area contributed by atoms with Crippen molar-refractivity contribution in [1.82, 2.24) is 14.0 Å². The molecule has 0 radical (unpaired) electrons. The van der Waals surface area contributed by atoms with Gasteiger partial charge in [0, 0.05) is 73.5 Å². The van der Waals surface area contributed by atoms with Gasteiger partial charge in [0.15, 0.2) is 0 Å². The topological polar surface area (TPSA) is 62.9 Å². The van der Waals surface area contributed by atoms with Crippen LogP contribution in [0.15, 0.2) is 65.7 Å². The zero-order valence-corrected chi connectivity index (χ0v) is 25.2. The molecule has 1 saturated heterocycles. The monoisotopic (exact) mass is 590 g/mol. The fraction of sp³-hybridized carbons (Fsp3) is 0.364. The van der Waals surface area contributed by atoms with Crippen LogP contribution < -0.4 is 15.3 Å². The summed E-state index contributed by atoms with van der Waals surface area (Å²) in [4.78, 5) is 17.7. The zero-order valence-electron chi connectivity index (χ0n) is 24.4. The molecular weight excluding hydrogens is 555 g/mol. The molecule has 6 rings (SSSR count). The van der Waals surface area contributed by atoms with Crippen LogP contribution in [-0.4, -0.2) is 57.0 Å². The Morgan fingerprint density at radius 3 is 2.31 bits per heavy atom. The Bertz CT molecular complexity index is 1690. The van der Waals surface area contributed by atoms with E-state index in [0.717, 1.165) is 44.7 Å². The molecule has 9 heteroatoms. The minimum absolute atomic E-state index is 0.0722. The molecule has 2 heterocycles. The lowest BCUT2D eigenvalue weighted by Crippen LogP contribution is -2.53. The number of hydrogen-bond acceptors (Lipinski definition) is 5. The van der Waals surface area contributed by atoms with E-state index in [9.17, 15) is 9.90 Å². The smallest absolute Gasteiger partial charge is 0.332 e. The summed E-state index contributed by atoms with van der Waals surface area (Å²) >= 11 is 6.97. The SMILES string of the molecule is Cn1ccn(-c2c(OC3CC3)ccc(-c3cc(F)cc(-c4cccc(N5CCN(C(C)(C)C)CC5)c4)c3O)c2Cl)c1=O. The second kappa shape index (κ2) is 10.8. The summed E-state index contributed by atoms with van der Waals surface area (Å²) in [5.74, 6) is -0.125. The minimum atomic E-state index is -0.505. The molecule has 220 valence electrons. The first-order chi connectivity index (χ1) is 20.0. The quantitative estimate of drug-likeness (QED) is 0.279. The molecule has 1 aliphatic heterocycles. The number of aromatic hydroxyl groups is 1. The number of phenols is 1. The van der Waals surface area contributed by atoms with Crippen molar-refractivity contribution in [3.8, 4) is 39.4 Å². The molecule has 2 fully saturated rings. The highest BCUT2D eigenvalue weighted by Gasteiger charge is 2.29. The molecule has 7 nitrogen and oxygen atoms in total.